The number of aromatic nitrogens is 2. The van der Waals surface area contributed by atoms with E-state index in [-0.39, 0.29) is 25.1 Å². The van der Waals surface area contributed by atoms with E-state index < -0.39 is 6.10 Å². The maximum Gasteiger partial charge on any atom is 0.254 e. The maximum absolute atomic E-state index is 12.5. The summed E-state index contributed by atoms with van der Waals surface area (Å²) in [5.74, 6) is 0.555. The molecular weight excluding hydrogens is 296 g/mol. The number of carbonyl (C=O) groups excluding carboxylic acids is 1. The molecule has 7 nitrogen and oxygen atoms in total. The molecule has 1 aliphatic heterocycles. The molecule has 2 atom stereocenters. The topological polar surface area (TPSA) is 90.6 Å². The zero-order chi connectivity index (χ0) is 16.4. The van der Waals surface area contributed by atoms with Crippen molar-refractivity contribution in [3.05, 3.63) is 42.1 Å². The van der Waals surface area contributed by atoms with E-state index in [1.165, 1.54) is 4.90 Å². The van der Waals surface area contributed by atoms with Crippen LogP contribution in [0.15, 0.2) is 36.5 Å². The van der Waals surface area contributed by atoms with Gasteiger partial charge in [0, 0.05) is 37.1 Å². The average Bonchev–Trinajstić information content (AvgIpc) is 3.12. The third-order valence-electron chi connectivity index (χ3n) is 3.98. The number of hydrogen-bond acceptors (Lipinski definition) is 5. The number of aryl methyl sites for hydroxylation is 1. The summed E-state index contributed by atoms with van der Waals surface area (Å²) in [5, 5.41) is 26.4. The van der Waals surface area contributed by atoms with Gasteiger partial charge in [-0.2, -0.15) is 5.10 Å². The summed E-state index contributed by atoms with van der Waals surface area (Å²) >= 11 is 0. The second-order valence-corrected chi connectivity index (χ2v) is 5.76. The van der Waals surface area contributed by atoms with Crippen molar-refractivity contribution >= 4 is 17.4 Å². The van der Waals surface area contributed by atoms with Crippen LogP contribution in [0.25, 0.3) is 0 Å². The van der Waals surface area contributed by atoms with Gasteiger partial charge in [-0.15, -0.1) is 0 Å². The predicted octanol–water partition coefficient (Wildman–Crippen LogP) is 0.731. The molecule has 7 heteroatoms. The largest absolute Gasteiger partial charge is 0.394 e. The normalized spacial score (nSPS) is 20.7. The molecule has 1 aromatic heterocycles. The highest BCUT2D eigenvalue weighted by Crippen LogP contribution is 2.22. The van der Waals surface area contributed by atoms with Gasteiger partial charge in [0.15, 0.2) is 5.82 Å². The molecule has 2 heterocycles. The van der Waals surface area contributed by atoms with Crippen LogP contribution < -0.4 is 5.32 Å². The Kier molecular flexibility index (Phi) is 4.31. The zero-order valence-corrected chi connectivity index (χ0v) is 12.9. The van der Waals surface area contributed by atoms with E-state index in [9.17, 15) is 15.0 Å². The number of aliphatic hydroxyl groups is 2. The number of aliphatic hydroxyl groups excluding tert-OH is 2. The lowest BCUT2D eigenvalue weighted by Gasteiger charge is -2.22. The van der Waals surface area contributed by atoms with Crippen LogP contribution in [-0.4, -0.2) is 56.1 Å². The third-order valence-corrected chi connectivity index (χ3v) is 3.98. The monoisotopic (exact) mass is 316 g/mol. The molecule has 3 rings (SSSR count). The summed E-state index contributed by atoms with van der Waals surface area (Å²) in [6.07, 6.45) is 1.69. The Morgan fingerprint density at radius 1 is 1.35 bits per heavy atom. The number of nitrogens with one attached hydrogen (secondary N) is 1. The van der Waals surface area contributed by atoms with Crippen LogP contribution in [0.5, 0.6) is 0 Å². The maximum atomic E-state index is 12.5. The Balaban J connectivity index is 1.70. The lowest BCUT2D eigenvalue weighted by Crippen LogP contribution is -2.37. The van der Waals surface area contributed by atoms with E-state index >= 15 is 0 Å². The molecule has 2 aromatic rings. The average molecular weight is 316 g/mol. The highest BCUT2D eigenvalue weighted by molar-refractivity contribution is 5.95. The molecule has 1 saturated heterocycles. The number of carbonyl (C=O) groups is 1. The number of anilines is 2. The van der Waals surface area contributed by atoms with Gasteiger partial charge in [-0.1, -0.05) is 0 Å². The predicted molar refractivity (Wildman–Crippen MR) is 85.5 cm³/mol. The van der Waals surface area contributed by atoms with Gasteiger partial charge < -0.3 is 20.4 Å². The van der Waals surface area contributed by atoms with Crippen molar-refractivity contribution in [1.82, 2.24) is 14.7 Å². The smallest absolute Gasteiger partial charge is 0.254 e. The number of β-amino-alcohol motifs (C(OH)–C–C–N with tert-alkyl or cyclic N) is 1. The van der Waals surface area contributed by atoms with Crippen LogP contribution in [0.1, 0.15) is 16.8 Å². The van der Waals surface area contributed by atoms with Gasteiger partial charge >= 0.3 is 0 Å². The molecule has 0 bridgehead atoms. The van der Waals surface area contributed by atoms with E-state index in [1.807, 2.05) is 31.4 Å². The lowest BCUT2D eigenvalue weighted by atomic mass is 10.1. The van der Waals surface area contributed by atoms with Crippen LogP contribution >= 0.6 is 0 Å². The SMILES string of the molecule is Cn1ccc(Nc2ccc(C(=O)N3C[C@@H](O)C[C@H]3CO)cc2)n1. The lowest BCUT2D eigenvalue weighted by molar-refractivity contribution is 0.0665. The molecule has 0 unspecified atom stereocenters. The van der Waals surface area contributed by atoms with Crippen LogP contribution in [0.4, 0.5) is 11.5 Å². The number of benzene rings is 1. The molecule has 0 radical (unpaired) electrons. The summed E-state index contributed by atoms with van der Waals surface area (Å²) < 4.78 is 1.70. The van der Waals surface area contributed by atoms with Gasteiger partial charge in [0.2, 0.25) is 0 Å². The van der Waals surface area contributed by atoms with Gasteiger partial charge in [0.1, 0.15) is 0 Å². The molecule has 23 heavy (non-hydrogen) atoms. The van der Waals surface area contributed by atoms with Crippen LogP contribution in [0.2, 0.25) is 0 Å². The second-order valence-electron chi connectivity index (χ2n) is 5.76. The Morgan fingerprint density at radius 2 is 2.09 bits per heavy atom. The second kappa shape index (κ2) is 6.39. The minimum atomic E-state index is -0.568. The van der Waals surface area contributed by atoms with Gasteiger partial charge in [0.25, 0.3) is 5.91 Å². The summed E-state index contributed by atoms with van der Waals surface area (Å²) in [4.78, 5) is 14.0. The number of hydrogen-bond donors (Lipinski definition) is 3. The molecular formula is C16H20N4O3. The first-order valence-electron chi connectivity index (χ1n) is 7.53. The quantitative estimate of drug-likeness (QED) is 0.774. The van der Waals surface area contributed by atoms with E-state index in [0.29, 0.717) is 12.0 Å². The summed E-state index contributed by atoms with van der Waals surface area (Å²) in [6.45, 7) is 0.125. The minimum Gasteiger partial charge on any atom is -0.394 e. The van der Waals surface area contributed by atoms with Gasteiger partial charge in [-0.3, -0.25) is 9.48 Å². The van der Waals surface area contributed by atoms with Crippen molar-refractivity contribution in [2.45, 2.75) is 18.6 Å². The molecule has 1 amide bonds. The molecule has 1 fully saturated rings. The highest BCUT2D eigenvalue weighted by Gasteiger charge is 2.34. The number of rotatable bonds is 4. The molecule has 0 spiro atoms. The van der Waals surface area contributed by atoms with Crippen molar-refractivity contribution in [2.75, 3.05) is 18.5 Å². The minimum absolute atomic E-state index is 0.137. The van der Waals surface area contributed by atoms with Crippen LogP contribution in [0.3, 0.4) is 0 Å². The van der Waals surface area contributed by atoms with Crippen LogP contribution in [-0.2, 0) is 7.05 Å². The van der Waals surface area contributed by atoms with E-state index in [0.717, 1.165) is 11.5 Å². The Morgan fingerprint density at radius 3 is 2.70 bits per heavy atom. The number of nitrogens with zero attached hydrogens (tertiary/aromatic N) is 3. The van der Waals surface area contributed by atoms with Crippen molar-refractivity contribution in [3.63, 3.8) is 0 Å². The van der Waals surface area contributed by atoms with Crippen molar-refractivity contribution in [2.24, 2.45) is 7.05 Å². The van der Waals surface area contributed by atoms with Crippen molar-refractivity contribution in [1.29, 1.82) is 0 Å². The van der Waals surface area contributed by atoms with Crippen LogP contribution in [0, 0.1) is 0 Å². The fourth-order valence-electron chi connectivity index (χ4n) is 2.81. The first-order valence-corrected chi connectivity index (χ1v) is 7.53. The number of amides is 1. The Labute approximate surface area is 134 Å². The molecule has 1 aromatic carbocycles. The fourth-order valence-corrected chi connectivity index (χ4v) is 2.81. The van der Waals surface area contributed by atoms with Gasteiger partial charge in [0.05, 0.1) is 18.8 Å². The molecule has 1 aliphatic rings. The van der Waals surface area contributed by atoms with Gasteiger partial charge in [-0.25, -0.2) is 0 Å². The van der Waals surface area contributed by atoms with Crippen molar-refractivity contribution in [3.8, 4) is 0 Å². The van der Waals surface area contributed by atoms with Crippen molar-refractivity contribution < 1.29 is 15.0 Å². The van der Waals surface area contributed by atoms with E-state index in [4.69, 9.17) is 0 Å². The Hall–Kier alpha value is -2.38. The molecule has 0 saturated carbocycles. The summed E-state index contributed by atoms with van der Waals surface area (Å²) in [7, 11) is 1.84. The summed E-state index contributed by atoms with van der Waals surface area (Å²) in [5.41, 5.74) is 1.37. The molecule has 3 N–H and O–H groups in total. The molecule has 0 aliphatic carbocycles. The first-order chi connectivity index (χ1) is 11.1. The van der Waals surface area contributed by atoms with E-state index in [2.05, 4.69) is 10.4 Å². The summed E-state index contributed by atoms with van der Waals surface area (Å²) in [6, 6.07) is 8.62. The zero-order valence-electron chi connectivity index (χ0n) is 12.9. The fraction of sp³-hybridized carbons (Fsp3) is 0.375. The van der Waals surface area contributed by atoms with Gasteiger partial charge in [-0.05, 0) is 30.7 Å². The van der Waals surface area contributed by atoms with E-state index in [1.54, 1.807) is 16.8 Å². The third kappa shape index (κ3) is 3.35. The highest BCUT2D eigenvalue weighted by atomic mass is 16.3. The Bertz CT molecular complexity index is 683. The first kappa shape index (κ1) is 15.5. The molecule has 122 valence electrons. The standard InChI is InChI=1S/C16H20N4O3/c1-19-7-6-15(18-19)17-12-4-2-11(3-5-12)16(23)20-9-14(22)8-13(20)10-21/h2-7,13-14,21-22H,8-10H2,1H3,(H,17,18)/t13-,14-/m0/s1. The number of likely N-dealkylation sites (tertiary alicyclic amines) is 1.